The van der Waals surface area contributed by atoms with Gasteiger partial charge in [-0.15, -0.1) is 0 Å². The summed E-state index contributed by atoms with van der Waals surface area (Å²) in [6.45, 7) is 1.96. The molecular formula is C21H19NO6. The van der Waals surface area contributed by atoms with E-state index in [0.29, 0.717) is 5.58 Å². The van der Waals surface area contributed by atoms with Crippen molar-refractivity contribution in [2.24, 2.45) is 0 Å². The van der Waals surface area contributed by atoms with Crippen LogP contribution in [0.4, 0.5) is 5.69 Å². The molecule has 0 radical (unpaired) electrons. The smallest absolute Gasteiger partial charge is 0.337 e. The van der Waals surface area contributed by atoms with Crippen LogP contribution in [0.25, 0.3) is 11.0 Å². The van der Waals surface area contributed by atoms with Crippen molar-refractivity contribution in [2.45, 2.75) is 13.3 Å². The number of amides is 1. The number of furan rings is 1. The largest absolute Gasteiger partial charge is 0.465 e. The normalized spacial score (nSPS) is 10.5. The SMILES string of the molecule is COC(=O)c1cc(NC(=O)Cc2coc3ccc(C)cc23)cc(C(=O)OC)c1. The second kappa shape index (κ2) is 7.96. The number of anilines is 1. The highest BCUT2D eigenvalue weighted by molar-refractivity contribution is 6.00. The molecule has 7 nitrogen and oxygen atoms in total. The minimum Gasteiger partial charge on any atom is -0.465 e. The van der Waals surface area contributed by atoms with E-state index in [2.05, 4.69) is 5.32 Å². The lowest BCUT2D eigenvalue weighted by Crippen LogP contribution is -2.16. The molecule has 1 aromatic heterocycles. The van der Waals surface area contributed by atoms with E-state index in [1.807, 2.05) is 25.1 Å². The summed E-state index contributed by atoms with van der Waals surface area (Å²) in [6.07, 6.45) is 1.63. The Balaban J connectivity index is 1.85. The highest BCUT2D eigenvalue weighted by Crippen LogP contribution is 2.23. The molecule has 144 valence electrons. The maximum absolute atomic E-state index is 12.5. The zero-order chi connectivity index (χ0) is 20.3. The molecule has 1 heterocycles. The van der Waals surface area contributed by atoms with Crippen LogP contribution in [0.15, 0.2) is 47.1 Å². The van der Waals surface area contributed by atoms with Gasteiger partial charge in [0, 0.05) is 16.6 Å². The van der Waals surface area contributed by atoms with Crippen molar-refractivity contribution >= 4 is 34.5 Å². The van der Waals surface area contributed by atoms with Gasteiger partial charge in [-0.3, -0.25) is 4.79 Å². The highest BCUT2D eigenvalue weighted by atomic mass is 16.5. The average molecular weight is 381 g/mol. The van der Waals surface area contributed by atoms with Crippen LogP contribution in [-0.4, -0.2) is 32.1 Å². The van der Waals surface area contributed by atoms with Crippen molar-refractivity contribution in [3.63, 3.8) is 0 Å². The number of ether oxygens (including phenoxy) is 2. The third-order valence-corrected chi connectivity index (χ3v) is 4.22. The molecule has 0 spiro atoms. The topological polar surface area (TPSA) is 94.8 Å². The van der Waals surface area contributed by atoms with E-state index in [4.69, 9.17) is 13.9 Å². The van der Waals surface area contributed by atoms with Crippen LogP contribution < -0.4 is 5.32 Å². The van der Waals surface area contributed by atoms with E-state index in [9.17, 15) is 14.4 Å². The van der Waals surface area contributed by atoms with Crippen LogP contribution in [-0.2, 0) is 20.7 Å². The Morgan fingerprint density at radius 1 is 0.964 bits per heavy atom. The number of hydrogen-bond donors (Lipinski definition) is 1. The molecule has 0 bridgehead atoms. The zero-order valence-corrected chi connectivity index (χ0v) is 15.7. The molecule has 0 atom stereocenters. The second-order valence-corrected chi connectivity index (χ2v) is 6.27. The number of nitrogens with one attached hydrogen (secondary N) is 1. The van der Waals surface area contributed by atoms with E-state index < -0.39 is 11.9 Å². The van der Waals surface area contributed by atoms with E-state index in [1.165, 1.54) is 32.4 Å². The predicted molar refractivity (Wildman–Crippen MR) is 102 cm³/mol. The zero-order valence-electron chi connectivity index (χ0n) is 15.7. The van der Waals surface area contributed by atoms with Crippen molar-refractivity contribution < 1.29 is 28.3 Å². The maximum atomic E-state index is 12.5. The number of benzene rings is 2. The van der Waals surface area contributed by atoms with Gasteiger partial charge in [-0.2, -0.15) is 0 Å². The van der Waals surface area contributed by atoms with E-state index in [-0.39, 0.29) is 29.1 Å². The fourth-order valence-electron chi connectivity index (χ4n) is 2.88. The number of rotatable bonds is 5. The third kappa shape index (κ3) is 4.03. The summed E-state index contributed by atoms with van der Waals surface area (Å²) >= 11 is 0. The van der Waals surface area contributed by atoms with Crippen LogP contribution in [0.5, 0.6) is 0 Å². The molecule has 3 rings (SSSR count). The maximum Gasteiger partial charge on any atom is 0.337 e. The van der Waals surface area contributed by atoms with Gasteiger partial charge in [-0.05, 0) is 37.3 Å². The summed E-state index contributed by atoms with van der Waals surface area (Å²) < 4.78 is 14.9. The van der Waals surface area contributed by atoms with Gasteiger partial charge in [-0.25, -0.2) is 9.59 Å². The van der Waals surface area contributed by atoms with Crippen molar-refractivity contribution in [3.05, 3.63) is 64.9 Å². The van der Waals surface area contributed by atoms with Crippen LogP contribution in [0.2, 0.25) is 0 Å². The monoisotopic (exact) mass is 381 g/mol. The Labute approximate surface area is 161 Å². The van der Waals surface area contributed by atoms with Gasteiger partial charge in [0.2, 0.25) is 5.91 Å². The molecular weight excluding hydrogens is 362 g/mol. The Kier molecular flexibility index (Phi) is 5.44. The summed E-state index contributed by atoms with van der Waals surface area (Å²) in [7, 11) is 2.47. The molecule has 0 saturated carbocycles. The van der Waals surface area contributed by atoms with Gasteiger partial charge >= 0.3 is 11.9 Å². The summed E-state index contributed by atoms with van der Waals surface area (Å²) in [4.78, 5) is 36.2. The quantitative estimate of drug-likeness (QED) is 0.680. The van der Waals surface area contributed by atoms with Crippen LogP contribution in [0.3, 0.4) is 0 Å². The van der Waals surface area contributed by atoms with Crippen LogP contribution in [0, 0.1) is 6.92 Å². The summed E-state index contributed by atoms with van der Waals surface area (Å²) in [5.74, 6) is -1.57. The summed E-state index contributed by atoms with van der Waals surface area (Å²) in [5, 5.41) is 3.57. The standard InChI is InChI=1S/C21H19NO6/c1-12-4-5-18-17(6-12)15(11-28-18)10-19(23)22-16-8-13(20(24)26-2)7-14(9-16)21(25)27-3/h4-9,11H,10H2,1-3H3,(H,22,23). The van der Waals surface area contributed by atoms with Crippen LogP contribution >= 0.6 is 0 Å². The highest BCUT2D eigenvalue weighted by Gasteiger charge is 2.16. The lowest BCUT2D eigenvalue weighted by Gasteiger charge is -2.09. The van der Waals surface area contributed by atoms with Gasteiger partial charge in [0.15, 0.2) is 0 Å². The molecule has 1 amide bonds. The first kappa shape index (κ1) is 19.2. The van der Waals surface area contributed by atoms with Gasteiger partial charge < -0.3 is 19.2 Å². The molecule has 0 unspecified atom stereocenters. The predicted octanol–water partition coefficient (Wildman–Crippen LogP) is 3.50. The minimum atomic E-state index is -0.627. The van der Waals surface area contributed by atoms with Crippen molar-refractivity contribution in [1.29, 1.82) is 0 Å². The molecule has 1 N–H and O–H groups in total. The Hall–Kier alpha value is -3.61. The van der Waals surface area contributed by atoms with Crippen molar-refractivity contribution in [2.75, 3.05) is 19.5 Å². The number of hydrogen-bond acceptors (Lipinski definition) is 6. The molecule has 0 aliphatic heterocycles. The number of aryl methyl sites for hydroxylation is 1. The van der Waals surface area contributed by atoms with Gasteiger partial charge in [0.25, 0.3) is 0 Å². The van der Waals surface area contributed by atoms with Crippen molar-refractivity contribution in [1.82, 2.24) is 0 Å². The molecule has 3 aromatic rings. The van der Waals surface area contributed by atoms with E-state index >= 15 is 0 Å². The van der Waals surface area contributed by atoms with Crippen molar-refractivity contribution in [3.8, 4) is 0 Å². The molecule has 0 fully saturated rings. The molecule has 0 saturated heterocycles. The number of methoxy groups -OCH3 is 2. The first-order valence-electron chi connectivity index (χ1n) is 8.49. The van der Waals surface area contributed by atoms with E-state index in [0.717, 1.165) is 16.5 Å². The molecule has 28 heavy (non-hydrogen) atoms. The number of fused-ring (bicyclic) bond motifs is 1. The lowest BCUT2D eigenvalue weighted by molar-refractivity contribution is -0.115. The Bertz CT molecular complexity index is 1030. The Morgan fingerprint density at radius 3 is 2.21 bits per heavy atom. The first-order valence-corrected chi connectivity index (χ1v) is 8.49. The fraction of sp³-hybridized carbons (Fsp3) is 0.190. The number of carbonyl (C=O) groups is 3. The molecule has 0 aliphatic carbocycles. The average Bonchev–Trinajstić information content (AvgIpc) is 3.08. The lowest BCUT2D eigenvalue weighted by atomic mass is 10.1. The molecule has 7 heteroatoms. The van der Waals surface area contributed by atoms with Crippen LogP contribution in [0.1, 0.15) is 31.8 Å². The summed E-state index contributed by atoms with van der Waals surface area (Å²) in [5.41, 5.74) is 3.05. The van der Waals surface area contributed by atoms with E-state index in [1.54, 1.807) is 6.26 Å². The van der Waals surface area contributed by atoms with Gasteiger partial charge in [-0.1, -0.05) is 11.6 Å². The number of esters is 2. The van der Waals surface area contributed by atoms with Gasteiger partial charge in [0.1, 0.15) is 5.58 Å². The number of carbonyl (C=O) groups excluding carboxylic acids is 3. The van der Waals surface area contributed by atoms with Gasteiger partial charge in [0.05, 0.1) is 38.0 Å². The third-order valence-electron chi connectivity index (χ3n) is 4.22. The molecule has 2 aromatic carbocycles. The fourth-order valence-corrected chi connectivity index (χ4v) is 2.88. The first-order chi connectivity index (χ1) is 13.4. The second-order valence-electron chi connectivity index (χ2n) is 6.27. The Morgan fingerprint density at radius 2 is 1.61 bits per heavy atom. The summed E-state index contributed by atoms with van der Waals surface area (Å²) in [6, 6.07) is 9.97. The minimum absolute atomic E-state index is 0.0759. The molecule has 0 aliphatic rings.